The standard InChI is InChI=1S/C53H35NO/c1-3-18-40(19-4-1)53(41-20-5-2-6-21-41)47-25-11-9-24-46(47)52-48(53)26-14-27-49(52)54(43-31-32-45-44-23-10-12-28-50(44)55-51(45)35-43)42-22-13-17-38(34-42)39-30-29-36-15-7-8-16-37(36)33-39/h1-35H. The third-order valence-electron chi connectivity index (χ3n) is 11.5. The van der Waals surface area contributed by atoms with E-state index in [-0.39, 0.29) is 0 Å². The van der Waals surface area contributed by atoms with Crippen LogP contribution in [0.3, 0.4) is 0 Å². The molecule has 0 fully saturated rings. The predicted octanol–water partition coefficient (Wildman–Crippen LogP) is 14.2. The van der Waals surface area contributed by atoms with Crippen molar-refractivity contribution in [1.82, 2.24) is 0 Å². The monoisotopic (exact) mass is 701 g/mol. The van der Waals surface area contributed by atoms with Gasteiger partial charge in [0.2, 0.25) is 0 Å². The summed E-state index contributed by atoms with van der Waals surface area (Å²) in [7, 11) is 0. The molecule has 0 unspecified atom stereocenters. The van der Waals surface area contributed by atoms with E-state index in [0.717, 1.165) is 44.6 Å². The lowest BCUT2D eigenvalue weighted by Crippen LogP contribution is -2.28. The first kappa shape index (κ1) is 31.4. The minimum Gasteiger partial charge on any atom is -0.456 e. The predicted molar refractivity (Wildman–Crippen MR) is 229 cm³/mol. The molecule has 10 aromatic rings. The quantitative estimate of drug-likeness (QED) is 0.172. The lowest BCUT2D eigenvalue weighted by Gasteiger charge is -2.34. The molecule has 1 aliphatic carbocycles. The van der Waals surface area contributed by atoms with Gasteiger partial charge in [-0.1, -0.05) is 164 Å². The molecular weight excluding hydrogens is 667 g/mol. The van der Waals surface area contributed by atoms with Gasteiger partial charge >= 0.3 is 0 Å². The first-order valence-electron chi connectivity index (χ1n) is 18.9. The van der Waals surface area contributed by atoms with E-state index in [1.807, 2.05) is 12.1 Å². The van der Waals surface area contributed by atoms with Gasteiger partial charge < -0.3 is 9.32 Å². The van der Waals surface area contributed by atoms with Gasteiger partial charge in [0.05, 0.1) is 11.1 Å². The van der Waals surface area contributed by atoms with Crippen molar-refractivity contribution >= 4 is 49.8 Å². The van der Waals surface area contributed by atoms with Gasteiger partial charge in [0, 0.05) is 33.8 Å². The topological polar surface area (TPSA) is 16.4 Å². The molecule has 0 saturated carbocycles. The maximum absolute atomic E-state index is 6.52. The molecule has 9 aromatic carbocycles. The number of anilines is 3. The minimum atomic E-state index is -0.508. The Labute approximate surface area is 320 Å². The molecule has 1 aromatic heterocycles. The van der Waals surface area contributed by atoms with Gasteiger partial charge in [-0.25, -0.2) is 0 Å². The van der Waals surface area contributed by atoms with E-state index in [2.05, 4.69) is 205 Å². The second-order valence-corrected chi connectivity index (χ2v) is 14.5. The molecule has 0 aliphatic heterocycles. The molecule has 0 radical (unpaired) electrons. The highest BCUT2D eigenvalue weighted by molar-refractivity contribution is 6.07. The molecule has 1 heterocycles. The third-order valence-corrected chi connectivity index (χ3v) is 11.5. The van der Waals surface area contributed by atoms with Gasteiger partial charge in [0.1, 0.15) is 11.2 Å². The van der Waals surface area contributed by atoms with E-state index < -0.39 is 5.41 Å². The molecule has 0 atom stereocenters. The summed E-state index contributed by atoms with van der Waals surface area (Å²) in [6, 6.07) is 77.1. The Bertz CT molecular complexity index is 3010. The molecule has 1 aliphatic rings. The summed E-state index contributed by atoms with van der Waals surface area (Å²) in [5, 5.41) is 4.70. The molecule has 258 valence electrons. The van der Waals surface area contributed by atoms with E-state index in [1.165, 1.54) is 49.7 Å². The van der Waals surface area contributed by atoms with Gasteiger partial charge in [0.25, 0.3) is 0 Å². The molecule has 0 N–H and O–H groups in total. The van der Waals surface area contributed by atoms with Gasteiger partial charge in [-0.3, -0.25) is 0 Å². The summed E-state index contributed by atoms with van der Waals surface area (Å²) in [6.07, 6.45) is 0. The number of fused-ring (bicyclic) bond motifs is 7. The van der Waals surface area contributed by atoms with Crippen molar-refractivity contribution in [3.8, 4) is 22.3 Å². The van der Waals surface area contributed by atoms with Crippen LogP contribution in [0.2, 0.25) is 0 Å². The maximum atomic E-state index is 6.52. The lowest BCUT2D eigenvalue weighted by molar-refractivity contribution is 0.669. The zero-order valence-electron chi connectivity index (χ0n) is 30.1. The van der Waals surface area contributed by atoms with Crippen LogP contribution in [0, 0.1) is 0 Å². The Balaban J connectivity index is 1.19. The molecule has 2 heteroatoms. The summed E-state index contributed by atoms with van der Waals surface area (Å²) in [5.74, 6) is 0. The van der Waals surface area contributed by atoms with Crippen LogP contribution in [0.4, 0.5) is 17.1 Å². The van der Waals surface area contributed by atoms with E-state index in [9.17, 15) is 0 Å². The molecule has 0 saturated heterocycles. The summed E-state index contributed by atoms with van der Waals surface area (Å²) in [4.78, 5) is 2.43. The normalized spacial score (nSPS) is 12.9. The van der Waals surface area contributed by atoms with Gasteiger partial charge in [-0.2, -0.15) is 0 Å². The fraction of sp³-hybridized carbons (Fsp3) is 0.0189. The molecule has 0 spiro atoms. The average molecular weight is 702 g/mol. The molecule has 2 nitrogen and oxygen atoms in total. The number of furan rings is 1. The summed E-state index contributed by atoms with van der Waals surface area (Å²) in [5.41, 5.74) is 14.3. The Morgan fingerprint density at radius 3 is 1.85 bits per heavy atom. The average Bonchev–Trinajstić information content (AvgIpc) is 3.78. The first-order chi connectivity index (χ1) is 27.3. The number of benzene rings is 9. The third kappa shape index (κ3) is 4.82. The van der Waals surface area contributed by atoms with Crippen molar-refractivity contribution < 1.29 is 4.42 Å². The highest BCUT2D eigenvalue weighted by Gasteiger charge is 2.47. The Hall–Kier alpha value is -7.16. The lowest BCUT2D eigenvalue weighted by atomic mass is 9.68. The van der Waals surface area contributed by atoms with Crippen molar-refractivity contribution in [3.63, 3.8) is 0 Å². The Kier molecular flexibility index (Phi) is 7.11. The van der Waals surface area contributed by atoms with Crippen molar-refractivity contribution in [2.24, 2.45) is 0 Å². The van der Waals surface area contributed by atoms with Gasteiger partial charge in [-0.05, 0) is 92.2 Å². The van der Waals surface area contributed by atoms with Crippen molar-refractivity contribution in [2.75, 3.05) is 4.90 Å². The second kappa shape index (κ2) is 12.5. The van der Waals surface area contributed by atoms with E-state index in [4.69, 9.17) is 4.42 Å². The van der Waals surface area contributed by atoms with Gasteiger partial charge in [-0.15, -0.1) is 0 Å². The van der Waals surface area contributed by atoms with Crippen LogP contribution >= 0.6 is 0 Å². The first-order valence-corrected chi connectivity index (χ1v) is 18.9. The molecule has 55 heavy (non-hydrogen) atoms. The molecule has 0 amide bonds. The largest absolute Gasteiger partial charge is 0.456 e. The highest BCUT2D eigenvalue weighted by atomic mass is 16.3. The van der Waals surface area contributed by atoms with E-state index in [0.29, 0.717) is 0 Å². The van der Waals surface area contributed by atoms with E-state index in [1.54, 1.807) is 0 Å². The SMILES string of the molecule is c1ccc(C2(c3ccccc3)c3ccccc3-c3c(N(c4cccc(-c5ccc6ccccc6c5)c4)c4ccc5c(c4)oc4ccccc45)cccc32)cc1. The molecule has 0 bridgehead atoms. The zero-order valence-corrected chi connectivity index (χ0v) is 30.1. The van der Waals surface area contributed by atoms with Crippen LogP contribution in [-0.4, -0.2) is 0 Å². The van der Waals surface area contributed by atoms with Crippen molar-refractivity contribution in [1.29, 1.82) is 0 Å². The number of hydrogen-bond acceptors (Lipinski definition) is 2. The van der Waals surface area contributed by atoms with Crippen LogP contribution in [0.1, 0.15) is 22.3 Å². The number of hydrogen-bond donors (Lipinski definition) is 0. The fourth-order valence-electron chi connectivity index (χ4n) is 9.13. The van der Waals surface area contributed by atoms with Crippen LogP contribution in [0.25, 0.3) is 55.0 Å². The fourth-order valence-corrected chi connectivity index (χ4v) is 9.13. The molecular formula is C53H35NO. The molecule has 11 rings (SSSR count). The smallest absolute Gasteiger partial charge is 0.137 e. The summed E-state index contributed by atoms with van der Waals surface area (Å²) < 4.78 is 6.52. The summed E-state index contributed by atoms with van der Waals surface area (Å²) >= 11 is 0. The van der Waals surface area contributed by atoms with Crippen molar-refractivity contribution in [2.45, 2.75) is 5.41 Å². The van der Waals surface area contributed by atoms with Crippen LogP contribution in [0.5, 0.6) is 0 Å². The number of nitrogens with zero attached hydrogens (tertiary/aromatic N) is 1. The number of para-hydroxylation sites is 1. The van der Waals surface area contributed by atoms with Crippen LogP contribution in [-0.2, 0) is 5.41 Å². The van der Waals surface area contributed by atoms with Crippen molar-refractivity contribution in [3.05, 3.63) is 235 Å². The highest BCUT2D eigenvalue weighted by Crippen LogP contribution is 2.59. The Morgan fingerprint density at radius 2 is 1.02 bits per heavy atom. The second-order valence-electron chi connectivity index (χ2n) is 14.5. The van der Waals surface area contributed by atoms with Crippen LogP contribution in [0.15, 0.2) is 217 Å². The minimum absolute atomic E-state index is 0.508. The summed E-state index contributed by atoms with van der Waals surface area (Å²) in [6.45, 7) is 0. The maximum Gasteiger partial charge on any atom is 0.137 e. The van der Waals surface area contributed by atoms with Gasteiger partial charge in [0.15, 0.2) is 0 Å². The Morgan fingerprint density at radius 1 is 0.382 bits per heavy atom. The number of rotatable bonds is 6. The van der Waals surface area contributed by atoms with E-state index >= 15 is 0 Å². The van der Waals surface area contributed by atoms with Crippen LogP contribution < -0.4 is 4.90 Å². The zero-order chi connectivity index (χ0) is 36.3.